The van der Waals surface area contributed by atoms with Crippen LogP contribution in [0.4, 0.5) is 5.69 Å². The Hall–Kier alpha value is -3.39. The van der Waals surface area contributed by atoms with Crippen LogP contribution in [0.5, 0.6) is 11.5 Å². The first-order valence-corrected chi connectivity index (χ1v) is 12.3. The predicted molar refractivity (Wildman–Crippen MR) is 140 cm³/mol. The minimum absolute atomic E-state index is 0.0322. The lowest BCUT2D eigenvalue weighted by atomic mass is 10.0. The van der Waals surface area contributed by atoms with Gasteiger partial charge in [-0.2, -0.15) is 0 Å². The number of rotatable bonds is 9. The number of fused-ring (bicyclic) bond motifs is 1. The molecule has 0 fully saturated rings. The fourth-order valence-corrected chi connectivity index (χ4v) is 3.66. The highest BCUT2D eigenvalue weighted by atomic mass is 79.9. The number of anilines is 1. The molecule has 7 nitrogen and oxygen atoms in total. The molecular weight excluding hydrogens is 514 g/mol. The van der Waals surface area contributed by atoms with E-state index in [1.807, 2.05) is 32.9 Å². The Balaban J connectivity index is 1.88. The standard InChI is InChI=1S/C27H28BrNO6/c1-16(2)6-7-19-14-21(9-11-24(19)34-18(4)30)26(31)29-22-15-20-8-10-23(33-13-5-12-28)17(3)25(20)35-27(22)32/h6,8-11,14-15H,5,7,12-13H2,1-4H3,(H,29,31). The van der Waals surface area contributed by atoms with Crippen molar-refractivity contribution < 1.29 is 23.5 Å². The highest BCUT2D eigenvalue weighted by Crippen LogP contribution is 2.28. The van der Waals surface area contributed by atoms with E-state index in [2.05, 4.69) is 21.2 Å². The Bertz CT molecular complexity index is 1340. The van der Waals surface area contributed by atoms with Gasteiger partial charge in [0.15, 0.2) is 0 Å². The van der Waals surface area contributed by atoms with Crippen LogP contribution >= 0.6 is 15.9 Å². The van der Waals surface area contributed by atoms with Crippen LogP contribution in [0.2, 0.25) is 0 Å². The van der Waals surface area contributed by atoms with Crippen molar-refractivity contribution in [3.05, 3.63) is 75.2 Å². The van der Waals surface area contributed by atoms with E-state index in [1.165, 1.54) is 6.92 Å². The van der Waals surface area contributed by atoms with Crippen LogP contribution in [-0.4, -0.2) is 23.8 Å². The van der Waals surface area contributed by atoms with E-state index >= 15 is 0 Å². The van der Waals surface area contributed by atoms with Crippen molar-refractivity contribution in [3.8, 4) is 11.5 Å². The van der Waals surface area contributed by atoms with Crippen LogP contribution in [0.25, 0.3) is 11.0 Å². The Labute approximate surface area is 212 Å². The number of ether oxygens (including phenoxy) is 2. The number of amides is 1. The number of esters is 1. The number of allylic oxidation sites excluding steroid dienone is 2. The van der Waals surface area contributed by atoms with Crippen LogP contribution < -0.4 is 20.4 Å². The second-order valence-corrected chi connectivity index (χ2v) is 9.09. The summed E-state index contributed by atoms with van der Waals surface area (Å²) in [6, 6.07) is 9.97. The molecule has 0 saturated heterocycles. The molecule has 0 aliphatic carbocycles. The van der Waals surface area contributed by atoms with Gasteiger partial charge in [0.1, 0.15) is 22.8 Å². The molecule has 0 spiro atoms. The molecule has 184 valence electrons. The van der Waals surface area contributed by atoms with Crippen molar-refractivity contribution in [2.75, 3.05) is 17.3 Å². The molecule has 3 aromatic rings. The summed E-state index contributed by atoms with van der Waals surface area (Å²) in [6.45, 7) is 7.61. The van der Waals surface area contributed by atoms with E-state index in [9.17, 15) is 14.4 Å². The third-order valence-electron chi connectivity index (χ3n) is 5.19. The van der Waals surface area contributed by atoms with Crippen LogP contribution in [0.1, 0.15) is 48.7 Å². The highest BCUT2D eigenvalue weighted by molar-refractivity contribution is 9.09. The second kappa shape index (κ2) is 11.8. The lowest BCUT2D eigenvalue weighted by molar-refractivity contribution is -0.131. The van der Waals surface area contributed by atoms with Gasteiger partial charge in [0.25, 0.3) is 5.91 Å². The van der Waals surface area contributed by atoms with Crippen molar-refractivity contribution in [3.63, 3.8) is 0 Å². The molecule has 0 atom stereocenters. The molecule has 1 N–H and O–H groups in total. The largest absolute Gasteiger partial charge is 0.493 e. The van der Waals surface area contributed by atoms with E-state index in [0.29, 0.717) is 46.6 Å². The SMILES string of the molecule is CC(=O)Oc1ccc(C(=O)Nc2cc3ccc(OCCCBr)c(C)c3oc2=O)cc1CC=C(C)C. The van der Waals surface area contributed by atoms with E-state index in [4.69, 9.17) is 13.9 Å². The molecule has 35 heavy (non-hydrogen) atoms. The fraction of sp³-hybridized carbons (Fsp3) is 0.296. The smallest absolute Gasteiger partial charge is 0.360 e. The number of hydrogen-bond acceptors (Lipinski definition) is 6. The number of aryl methyl sites for hydroxylation is 1. The van der Waals surface area contributed by atoms with Crippen molar-refractivity contribution in [2.24, 2.45) is 0 Å². The van der Waals surface area contributed by atoms with Gasteiger partial charge in [0.05, 0.1) is 6.61 Å². The van der Waals surface area contributed by atoms with Gasteiger partial charge in [-0.25, -0.2) is 4.79 Å². The lowest BCUT2D eigenvalue weighted by Crippen LogP contribution is -2.18. The van der Waals surface area contributed by atoms with Gasteiger partial charge in [-0.05, 0) is 75.6 Å². The molecule has 0 aliphatic rings. The predicted octanol–water partition coefficient (Wildman–Crippen LogP) is 5.95. The van der Waals surface area contributed by atoms with Crippen LogP contribution in [0, 0.1) is 6.92 Å². The van der Waals surface area contributed by atoms with Gasteiger partial charge in [-0.15, -0.1) is 0 Å². The molecule has 0 aliphatic heterocycles. The molecule has 1 aromatic heterocycles. The number of alkyl halides is 1. The van der Waals surface area contributed by atoms with Gasteiger partial charge >= 0.3 is 11.6 Å². The Morgan fingerprint density at radius 2 is 1.83 bits per heavy atom. The molecule has 8 heteroatoms. The molecule has 0 unspecified atom stereocenters. The maximum atomic E-state index is 13.0. The zero-order valence-electron chi connectivity index (χ0n) is 20.2. The zero-order valence-corrected chi connectivity index (χ0v) is 21.8. The van der Waals surface area contributed by atoms with Crippen LogP contribution in [-0.2, 0) is 11.2 Å². The summed E-state index contributed by atoms with van der Waals surface area (Å²) in [4.78, 5) is 37.1. The van der Waals surface area contributed by atoms with Gasteiger partial charge in [0, 0.05) is 28.8 Å². The number of carbonyl (C=O) groups excluding carboxylic acids is 2. The topological polar surface area (TPSA) is 94.8 Å². The third kappa shape index (κ3) is 6.82. The average molecular weight is 542 g/mol. The van der Waals surface area contributed by atoms with Gasteiger partial charge < -0.3 is 19.2 Å². The van der Waals surface area contributed by atoms with Gasteiger partial charge in [-0.1, -0.05) is 27.6 Å². The van der Waals surface area contributed by atoms with Crippen molar-refractivity contribution in [1.82, 2.24) is 0 Å². The number of benzene rings is 2. The molecule has 1 heterocycles. The third-order valence-corrected chi connectivity index (χ3v) is 5.75. The number of halogens is 1. The number of hydrogen-bond donors (Lipinski definition) is 1. The molecule has 1 amide bonds. The summed E-state index contributed by atoms with van der Waals surface area (Å²) < 4.78 is 16.6. The Kier molecular flexibility index (Phi) is 8.87. The van der Waals surface area contributed by atoms with Crippen LogP contribution in [0.15, 0.2) is 57.3 Å². The lowest BCUT2D eigenvalue weighted by Gasteiger charge is -2.12. The monoisotopic (exact) mass is 541 g/mol. The second-order valence-electron chi connectivity index (χ2n) is 8.30. The summed E-state index contributed by atoms with van der Waals surface area (Å²) in [5.74, 6) is 0.119. The van der Waals surface area contributed by atoms with E-state index in [1.54, 1.807) is 30.3 Å². The van der Waals surface area contributed by atoms with E-state index in [-0.39, 0.29) is 5.69 Å². The van der Waals surface area contributed by atoms with Crippen molar-refractivity contribution in [1.29, 1.82) is 0 Å². The van der Waals surface area contributed by atoms with E-state index in [0.717, 1.165) is 22.9 Å². The number of nitrogens with one attached hydrogen (secondary N) is 1. The maximum absolute atomic E-state index is 13.0. The Morgan fingerprint density at radius 1 is 1.09 bits per heavy atom. The highest BCUT2D eigenvalue weighted by Gasteiger charge is 2.16. The zero-order chi connectivity index (χ0) is 25.5. The summed E-state index contributed by atoms with van der Waals surface area (Å²) in [5, 5.41) is 4.14. The molecule has 0 saturated carbocycles. The van der Waals surface area contributed by atoms with Crippen LogP contribution in [0.3, 0.4) is 0 Å². The fourth-order valence-electron chi connectivity index (χ4n) is 3.43. The molecule has 2 aromatic carbocycles. The first-order chi connectivity index (χ1) is 16.7. The molecule has 0 bridgehead atoms. The molecular formula is C27H28BrNO6. The number of carbonyl (C=O) groups is 2. The average Bonchev–Trinajstić information content (AvgIpc) is 2.80. The first-order valence-electron chi connectivity index (χ1n) is 11.2. The maximum Gasteiger partial charge on any atom is 0.360 e. The normalized spacial score (nSPS) is 10.7. The van der Waals surface area contributed by atoms with E-state index < -0.39 is 17.5 Å². The van der Waals surface area contributed by atoms with Gasteiger partial charge in [-0.3, -0.25) is 9.59 Å². The minimum Gasteiger partial charge on any atom is -0.493 e. The minimum atomic E-state index is -0.659. The summed E-state index contributed by atoms with van der Waals surface area (Å²) >= 11 is 3.37. The quantitative estimate of drug-likeness (QED) is 0.0897. The molecule has 0 radical (unpaired) electrons. The summed E-state index contributed by atoms with van der Waals surface area (Å²) in [6.07, 6.45) is 3.32. The van der Waals surface area contributed by atoms with Gasteiger partial charge in [0.2, 0.25) is 0 Å². The first kappa shape index (κ1) is 26.2. The molecule has 3 rings (SSSR count). The summed E-state index contributed by atoms with van der Waals surface area (Å²) in [5.41, 5.74) is 2.61. The summed E-state index contributed by atoms with van der Waals surface area (Å²) in [7, 11) is 0. The Morgan fingerprint density at radius 3 is 2.51 bits per heavy atom. The van der Waals surface area contributed by atoms with Crippen molar-refractivity contribution >= 4 is 44.5 Å². The van der Waals surface area contributed by atoms with Crippen molar-refractivity contribution in [2.45, 2.75) is 40.5 Å².